The monoisotopic (exact) mass is 328 g/mol. The van der Waals surface area contributed by atoms with Gasteiger partial charge in [-0.3, -0.25) is 9.48 Å². The van der Waals surface area contributed by atoms with Gasteiger partial charge in [-0.05, 0) is 36.6 Å². The SMILES string of the molecule is Cl.Cl.Nc1cccc2c1CCCN2C(=O)Cn1cccn1. The molecule has 0 radical (unpaired) electrons. The highest BCUT2D eigenvalue weighted by Crippen LogP contribution is 2.31. The Hall–Kier alpha value is -1.72. The Morgan fingerprint density at radius 1 is 1.29 bits per heavy atom. The van der Waals surface area contributed by atoms with Crippen LogP contribution in [0.15, 0.2) is 36.7 Å². The molecule has 1 aliphatic heterocycles. The molecule has 0 bridgehead atoms. The number of fused-ring (bicyclic) bond motifs is 1. The summed E-state index contributed by atoms with van der Waals surface area (Å²) in [7, 11) is 0. The first-order chi connectivity index (χ1) is 9.25. The number of hydrogen-bond acceptors (Lipinski definition) is 3. The highest BCUT2D eigenvalue weighted by Gasteiger charge is 2.23. The van der Waals surface area contributed by atoms with Crippen LogP contribution in [-0.4, -0.2) is 22.2 Å². The van der Waals surface area contributed by atoms with Crippen molar-refractivity contribution in [2.75, 3.05) is 17.2 Å². The van der Waals surface area contributed by atoms with Crippen LogP contribution in [-0.2, 0) is 17.8 Å². The molecule has 0 fully saturated rings. The van der Waals surface area contributed by atoms with Gasteiger partial charge in [-0.1, -0.05) is 6.07 Å². The van der Waals surface area contributed by atoms with Crippen LogP contribution < -0.4 is 10.6 Å². The number of nitrogens with two attached hydrogens (primary N) is 1. The van der Waals surface area contributed by atoms with Crippen LogP contribution in [0.25, 0.3) is 0 Å². The molecule has 1 aromatic carbocycles. The lowest BCUT2D eigenvalue weighted by Gasteiger charge is -2.30. The van der Waals surface area contributed by atoms with Gasteiger partial charge in [0.25, 0.3) is 0 Å². The smallest absolute Gasteiger partial charge is 0.248 e. The van der Waals surface area contributed by atoms with E-state index in [1.807, 2.05) is 29.2 Å². The number of benzene rings is 1. The van der Waals surface area contributed by atoms with E-state index in [1.165, 1.54) is 0 Å². The van der Waals surface area contributed by atoms with Gasteiger partial charge in [0.1, 0.15) is 6.54 Å². The third-order valence-corrected chi connectivity index (χ3v) is 3.44. The molecule has 5 nitrogen and oxygen atoms in total. The molecule has 0 spiro atoms. The van der Waals surface area contributed by atoms with Gasteiger partial charge < -0.3 is 10.6 Å². The second-order valence-corrected chi connectivity index (χ2v) is 4.70. The molecule has 7 heteroatoms. The van der Waals surface area contributed by atoms with Crippen molar-refractivity contribution in [2.45, 2.75) is 19.4 Å². The Morgan fingerprint density at radius 3 is 2.81 bits per heavy atom. The summed E-state index contributed by atoms with van der Waals surface area (Å²) in [5, 5.41) is 4.07. The number of anilines is 2. The van der Waals surface area contributed by atoms with Crippen molar-refractivity contribution in [3.05, 3.63) is 42.2 Å². The first-order valence-electron chi connectivity index (χ1n) is 6.41. The predicted molar refractivity (Wildman–Crippen MR) is 88.3 cm³/mol. The van der Waals surface area contributed by atoms with E-state index >= 15 is 0 Å². The number of nitrogens with zero attached hydrogens (tertiary/aromatic N) is 3. The highest BCUT2D eigenvalue weighted by molar-refractivity contribution is 5.95. The quantitative estimate of drug-likeness (QED) is 0.860. The Morgan fingerprint density at radius 2 is 2.10 bits per heavy atom. The molecule has 1 aliphatic rings. The maximum absolute atomic E-state index is 12.4. The Labute approximate surface area is 135 Å². The standard InChI is InChI=1S/C14H16N4O.2ClH/c15-12-5-1-6-13-11(12)4-2-9-18(13)14(19)10-17-8-3-7-16-17;;/h1,3,5-8H,2,4,9-10,15H2;2*1H. The largest absolute Gasteiger partial charge is 0.398 e. The summed E-state index contributed by atoms with van der Waals surface area (Å²) in [6.07, 6.45) is 5.36. The molecule has 1 aromatic heterocycles. The predicted octanol–water partition coefficient (Wildman–Crippen LogP) is 2.29. The lowest BCUT2D eigenvalue weighted by Crippen LogP contribution is -2.38. The van der Waals surface area contributed by atoms with Gasteiger partial charge in [-0.15, -0.1) is 24.8 Å². The molecule has 0 aliphatic carbocycles. The summed E-state index contributed by atoms with van der Waals surface area (Å²) < 4.78 is 1.64. The first kappa shape index (κ1) is 17.3. The number of hydrogen-bond donors (Lipinski definition) is 1. The second-order valence-electron chi connectivity index (χ2n) is 4.70. The number of amides is 1. The summed E-state index contributed by atoms with van der Waals surface area (Å²) in [6, 6.07) is 7.56. The molecule has 3 rings (SSSR count). The van der Waals surface area contributed by atoms with Crippen LogP contribution in [0.2, 0.25) is 0 Å². The van der Waals surface area contributed by atoms with E-state index in [0.717, 1.165) is 36.3 Å². The maximum Gasteiger partial charge on any atom is 0.248 e. The summed E-state index contributed by atoms with van der Waals surface area (Å²) in [5.74, 6) is 0.0512. The Balaban J connectivity index is 0.00000110. The van der Waals surface area contributed by atoms with E-state index in [-0.39, 0.29) is 37.3 Å². The lowest BCUT2D eigenvalue weighted by atomic mass is 10.00. The van der Waals surface area contributed by atoms with E-state index < -0.39 is 0 Å². The van der Waals surface area contributed by atoms with Crippen molar-refractivity contribution in [3.63, 3.8) is 0 Å². The summed E-state index contributed by atoms with van der Waals surface area (Å²) in [5.41, 5.74) is 8.79. The zero-order valence-electron chi connectivity index (χ0n) is 11.4. The normalized spacial score (nSPS) is 12.9. The third kappa shape index (κ3) is 3.49. The molecule has 2 heterocycles. The topological polar surface area (TPSA) is 64.2 Å². The zero-order chi connectivity index (χ0) is 13.2. The van der Waals surface area contributed by atoms with Crippen LogP contribution in [0.3, 0.4) is 0 Å². The average molecular weight is 329 g/mol. The molecule has 0 saturated heterocycles. The minimum atomic E-state index is 0. The fourth-order valence-electron chi connectivity index (χ4n) is 2.53. The van der Waals surface area contributed by atoms with Crippen LogP contribution in [0.1, 0.15) is 12.0 Å². The molecular formula is C14H18Cl2N4O. The Kier molecular flexibility index (Phi) is 6.05. The van der Waals surface area contributed by atoms with Crippen LogP contribution in [0, 0.1) is 0 Å². The molecule has 114 valence electrons. The number of carbonyl (C=O) groups is 1. The van der Waals surface area contributed by atoms with Crippen molar-refractivity contribution < 1.29 is 4.79 Å². The van der Waals surface area contributed by atoms with Crippen molar-refractivity contribution in [1.82, 2.24) is 9.78 Å². The summed E-state index contributed by atoms with van der Waals surface area (Å²) >= 11 is 0. The van der Waals surface area contributed by atoms with Crippen molar-refractivity contribution >= 4 is 42.1 Å². The molecule has 1 amide bonds. The third-order valence-electron chi connectivity index (χ3n) is 3.44. The molecule has 2 aromatic rings. The number of carbonyl (C=O) groups excluding carboxylic acids is 1. The number of nitrogen functional groups attached to an aromatic ring is 1. The molecule has 0 unspecified atom stereocenters. The van der Waals surface area contributed by atoms with Gasteiger partial charge in [0.05, 0.1) is 0 Å². The average Bonchev–Trinajstić information content (AvgIpc) is 2.91. The number of aromatic nitrogens is 2. The fraction of sp³-hybridized carbons (Fsp3) is 0.286. The highest BCUT2D eigenvalue weighted by atomic mass is 35.5. The molecule has 2 N–H and O–H groups in total. The zero-order valence-corrected chi connectivity index (χ0v) is 13.1. The van der Waals surface area contributed by atoms with E-state index in [0.29, 0.717) is 0 Å². The molecule has 0 saturated carbocycles. The number of halogens is 2. The second kappa shape index (κ2) is 7.33. The minimum absolute atomic E-state index is 0. The fourth-order valence-corrected chi connectivity index (χ4v) is 2.53. The summed E-state index contributed by atoms with van der Waals surface area (Å²) in [4.78, 5) is 14.2. The Bertz CT molecular complexity index is 601. The summed E-state index contributed by atoms with van der Waals surface area (Å²) in [6.45, 7) is 1.01. The van der Waals surface area contributed by atoms with Crippen LogP contribution >= 0.6 is 24.8 Å². The van der Waals surface area contributed by atoms with E-state index in [2.05, 4.69) is 5.10 Å². The van der Waals surface area contributed by atoms with Crippen LogP contribution in [0.4, 0.5) is 11.4 Å². The van der Waals surface area contributed by atoms with Gasteiger partial charge in [0.2, 0.25) is 5.91 Å². The van der Waals surface area contributed by atoms with Gasteiger partial charge in [-0.25, -0.2) is 0 Å². The van der Waals surface area contributed by atoms with Gasteiger partial charge in [0.15, 0.2) is 0 Å². The maximum atomic E-state index is 12.4. The van der Waals surface area contributed by atoms with Crippen molar-refractivity contribution in [1.29, 1.82) is 0 Å². The molecular weight excluding hydrogens is 311 g/mol. The van der Waals surface area contributed by atoms with Crippen LogP contribution in [0.5, 0.6) is 0 Å². The van der Waals surface area contributed by atoms with Gasteiger partial charge in [0, 0.05) is 30.3 Å². The minimum Gasteiger partial charge on any atom is -0.398 e. The van der Waals surface area contributed by atoms with Gasteiger partial charge >= 0.3 is 0 Å². The molecule has 21 heavy (non-hydrogen) atoms. The van der Waals surface area contributed by atoms with Crippen molar-refractivity contribution in [2.24, 2.45) is 0 Å². The first-order valence-corrected chi connectivity index (χ1v) is 6.41. The lowest BCUT2D eigenvalue weighted by molar-refractivity contribution is -0.119. The van der Waals surface area contributed by atoms with Gasteiger partial charge in [-0.2, -0.15) is 5.10 Å². The molecule has 0 atom stereocenters. The van der Waals surface area contributed by atoms with E-state index in [4.69, 9.17) is 5.73 Å². The van der Waals surface area contributed by atoms with E-state index in [1.54, 1.807) is 17.1 Å². The van der Waals surface area contributed by atoms with Crippen molar-refractivity contribution in [3.8, 4) is 0 Å². The number of rotatable bonds is 2. The van der Waals surface area contributed by atoms with E-state index in [9.17, 15) is 4.79 Å².